The second-order valence-corrected chi connectivity index (χ2v) is 7.76. The number of benzene rings is 1. The van der Waals surface area contributed by atoms with E-state index in [9.17, 15) is 0 Å². The van der Waals surface area contributed by atoms with Crippen LogP contribution in [0.4, 0.5) is 5.82 Å². The van der Waals surface area contributed by atoms with Gasteiger partial charge in [0, 0.05) is 42.6 Å². The highest BCUT2D eigenvalue weighted by Crippen LogP contribution is 2.47. The number of anilines is 1. The Labute approximate surface area is 138 Å². The van der Waals surface area contributed by atoms with E-state index in [4.69, 9.17) is 0 Å². The van der Waals surface area contributed by atoms with Gasteiger partial charge < -0.3 is 14.8 Å². The number of nitrogens with zero attached hydrogens (tertiary/aromatic N) is 2. The summed E-state index contributed by atoms with van der Waals surface area (Å²) in [6.45, 7) is 3.70. The molecule has 1 aromatic heterocycles. The van der Waals surface area contributed by atoms with Gasteiger partial charge in [0.2, 0.25) is 0 Å². The molecule has 1 atom stereocenters. The maximum Gasteiger partial charge on any atom is 0.112 e. The molecule has 0 aliphatic carbocycles. The smallest absolute Gasteiger partial charge is 0.112 e. The number of hydrogen-bond donors (Lipinski definition) is 1. The molecule has 2 fully saturated rings. The van der Waals surface area contributed by atoms with Crippen LogP contribution in [-0.2, 0) is 13.5 Å². The van der Waals surface area contributed by atoms with Crippen LogP contribution in [0.1, 0.15) is 49.1 Å². The summed E-state index contributed by atoms with van der Waals surface area (Å²) in [6.07, 6.45) is 7.95. The Kier molecular flexibility index (Phi) is 3.19. The van der Waals surface area contributed by atoms with Crippen molar-refractivity contribution in [3.63, 3.8) is 0 Å². The zero-order valence-electron chi connectivity index (χ0n) is 14.1. The predicted octanol–water partition coefficient (Wildman–Crippen LogP) is 3.56. The van der Waals surface area contributed by atoms with Crippen molar-refractivity contribution < 1.29 is 0 Å². The van der Waals surface area contributed by atoms with Crippen LogP contribution in [0, 0.1) is 0 Å². The Morgan fingerprint density at radius 1 is 1.13 bits per heavy atom. The summed E-state index contributed by atoms with van der Waals surface area (Å²) in [5.41, 5.74) is 4.59. The normalized spacial score (nSPS) is 24.4. The van der Waals surface area contributed by atoms with Crippen LogP contribution in [0.2, 0.25) is 0 Å². The molecule has 2 saturated heterocycles. The first-order valence-electron chi connectivity index (χ1n) is 9.41. The molecule has 4 aliphatic rings. The van der Waals surface area contributed by atoms with Gasteiger partial charge in [-0.15, -0.1) is 0 Å². The Balaban J connectivity index is 1.56. The van der Waals surface area contributed by atoms with Gasteiger partial charge in [0.1, 0.15) is 5.82 Å². The summed E-state index contributed by atoms with van der Waals surface area (Å²) in [4.78, 5) is 2.61. The highest BCUT2D eigenvalue weighted by molar-refractivity contribution is 5.92. The molecule has 6 rings (SSSR count). The van der Waals surface area contributed by atoms with Crippen LogP contribution in [-0.4, -0.2) is 30.2 Å². The fourth-order valence-electron chi connectivity index (χ4n) is 5.18. The van der Waals surface area contributed by atoms with E-state index in [1.165, 1.54) is 80.4 Å². The lowest BCUT2D eigenvalue weighted by molar-refractivity contribution is 0.399. The van der Waals surface area contributed by atoms with E-state index in [0.29, 0.717) is 6.04 Å². The first kappa shape index (κ1) is 13.9. The molecule has 3 nitrogen and oxygen atoms in total. The third-order valence-electron chi connectivity index (χ3n) is 6.37. The summed E-state index contributed by atoms with van der Waals surface area (Å²) >= 11 is 0. The monoisotopic (exact) mass is 309 g/mol. The minimum atomic E-state index is 0.681. The quantitative estimate of drug-likeness (QED) is 0.915. The van der Waals surface area contributed by atoms with E-state index >= 15 is 0 Å². The van der Waals surface area contributed by atoms with Crippen molar-refractivity contribution in [1.29, 1.82) is 0 Å². The standard InChI is InChI=1S/C20H27N3/c1-22-18-6-5-14(12-16-4-2-3-9-21-16)13-17(18)19-15-7-10-23(11-8-15)20(19)22/h5-6,13,15-16,21H,2-4,7-12H2,1H3. The number of fused-ring (bicyclic) bond motifs is 3. The maximum absolute atomic E-state index is 3.70. The molecule has 122 valence electrons. The highest BCUT2D eigenvalue weighted by Gasteiger charge is 2.35. The third-order valence-corrected chi connectivity index (χ3v) is 6.37. The third kappa shape index (κ3) is 2.13. The fourth-order valence-corrected chi connectivity index (χ4v) is 5.18. The molecule has 1 unspecified atom stereocenters. The number of rotatable bonds is 2. The highest BCUT2D eigenvalue weighted by atomic mass is 15.3. The Morgan fingerprint density at radius 3 is 2.78 bits per heavy atom. The lowest BCUT2D eigenvalue weighted by Gasteiger charge is -2.41. The van der Waals surface area contributed by atoms with Crippen molar-refractivity contribution in [3.8, 4) is 0 Å². The van der Waals surface area contributed by atoms with Crippen LogP contribution in [0.5, 0.6) is 0 Å². The molecular formula is C20H27N3. The molecule has 1 N–H and O–H groups in total. The van der Waals surface area contributed by atoms with Crippen molar-refractivity contribution in [1.82, 2.24) is 9.88 Å². The fraction of sp³-hybridized carbons (Fsp3) is 0.600. The number of piperidine rings is 2. The summed E-state index contributed by atoms with van der Waals surface area (Å²) in [7, 11) is 2.25. The van der Waals surface area contributed by atoms with Gasteiger partial charge >= 0.3 is 0 Å². The predicted molar refractivity (Wildman–Crippen MR) is 96.5 cm³/mol. The molecule has 1 aromatic carbocycles. The van der Waals surface area contributed by atoms with Crippen molar-refractivity contribution in [3.05, 3.63) is 29.3 Å². The van der Waals surface area contributed by atoms with Gasteiger partial charge in [-0.25, -0.2) is 0 Å². The number of nitrogens with one attached hydrogen (secondary N) is 1. The first-order chi connectivity index (χ1) is 11.3. The van der Waals surface area contributed by atoms with E-state index in [-0.39, 0.29) is 0 Å². The minimum absolute atomic E-state index is 0.681. The second-order valence-electron chi connectivity index (χ2n) is 7.76. The van der Waals surface area contributed by atoms with Gasteiger partial charge in [-0.3, -0.25) is 0 Å². The Bertz CT molecular complexity index is 731. The van der Waals surface area contributed by atoms with Gasteiger partial charge in [0.25, 0.3) is 0 Å². The van der Waals surface area contributed by atoms with Crippen molar-refractivity contribution >= 4 is 16.7 Å². The maximum atomic E-state index is 3.70. The molecule has 2 bridgehead atoms. The Morgan fingerprint density at radius 2 is 2.00 bits per heavy atom. The van der Waals surface area contributed by atoms with Crippen molar-refractivity contribution in [2.24, 2.45) is 7.05 Å². The topological polar surface area (TPSA) is 20.2 Å². The van der Waals surface area contributed by atoms with Gasteiger partial charge in [-0.2, -0.15) is 0 Å². The molecule has 5 heterocycles. The molecule has 0 spiro atoms. The first-order valence-corrected chi connectivity index (χ1v) is 9.41. The number of aromatic nitrogens is 1. The van der Waals surface area contributed by atoms with Crippen LogP contribution in [0.3, 0.4) is 0 Å². The lowest BCUT2D eigenvalue weighted by Crippen LogP contribution is -2.39. The lowest BCUT2D eigenvalue weighted by atomic mass is 9.84. The van der Waals surface area contributed by atoms with E-state index in [1.54, 1.807) is 5.56 Å². The molecule has 3 heteroatoms. The summed E-state index contributed by atoms with van der Waals surface area (Å²) in [6, 6.07) is 7.92. The van der Waals surface area contributed by atoms with Gasteiger partial charge in [0.15, 0.2) is 0 Å². The molecule has 0 radical (unpaired) electrons. The van der Waals surface area contributed by atoms with E-state index in [1.807, 2.05) is 0 Å². The molecule has 0 saturated carbocycles. The van der Waals surface area contributed by atoms with Gasteiger partial charge in [-0.05, 0) is 62.3 Å². The average molecular weight is 309 g/mol. The summed E-state index contributed by atoms with van der Waals surface area (Å²) in [5, 5.41) is 5.23. The average Bonchev–Trinajstić information content (AvgIpc) is 2.92. The molecule has 4 aliphatic heterocycles. The van der Waals surface area contributed by atoms with E-state index < -0.39 is 0 Å². The summed E-state index contributed by atoms with van der Waals surface area (Å²) < 4.78 is 2.44. The van der Waals surface area contributed by atoms with Gasteiger partial charge in [-0.1, -0.05) is 12.5 Å². The van der Waals surface area contributed by atoms with E-state index in [0.717, 1.165) is 5.92 Å². The summed E-state index contributed by atoms with van der Waals surface area (Å²) in [5.74, 6) is 2.30. The zero-order chi connectivity index (χ0) is 15.4. The molecule has 0 amide bonds. The van der Waals surface area contributed by atoms with E-state index in [2.05, 4.69) is 40.0 Å². The van der Waals surface area contributed by atoms with Gasteiger partial charge in [0.05, 0.1) is 0 Å². The largest absolute Gasteiger partial charge is 0.358 e. The molecular weight excluding hydrogens is 282 g/mol. The number of hydrogen-bond acceptors (Lipinski definition) is 2. The minimum Gasteiger partial charge on any atom is -0.358 e. The SMILES string of the molecule is Cn1c2c(c3cc(CC4CCCCN4)ccc31)C1CCN2CC1. The van der Waals surface area contributed by atoms with Crippen molar-refractivity contribution in [2.45, 2.75) is 50.5 Å². The second kappa shape index (κ2) is 5.27. The van der Waals surface area contributed by atoms with Crippen LogP contribution < -0.4 is 10.2 Å². The molecule has 2 aromatic rings. The zero-order valence-corrected chi connectivity index (χ0v) is 14.1. The van der Waals surface area contributed by atoms with Crippen LogP contribution >= 0.6 is 0 Å². The van der Waals surface area contributed by atoms with Crippen LogP contribution in [0.25, 0.3) is 10.9 Å². The Hall–Kier alpha value is -1.48. The molecule has 23 heavy (non-hydrogen) atoms. The van der Waals surface area contributed by atoms with Crippen LogP contribution in [0.15, 0.2) is 18.2 Å². The number of aryl methyl sites for hydroxylation is 1. The van der Waals surface area contributed by atoms with Crippen molar-refractivity contribution in [2.75, 3.05) is 24.5 Å².